The van der Waals surface area contributed by atoms with Gasteiger partial charge in [-0.2, -0.15) is 4.99 Å². The summed E-state index contributed by atoms with van der Waals surface area (Å²) in [7, 11) is 2.95. The lowest BCUT2D eigenvalue weighted by Crippen LogP contribution is -2.08. The zero-order chi connectivity index (χ0) is 14.0. The number of carbonyl (C=O) groups is 1. The second-order valence-corrected chi connectivity index (χ2v) is 5.09. The first-order valence-electron chi connectivity index (χ1n) is 5.62. The minimum atomic E-state index is -0.593. The van der Waals surface area contributed by atoms with E-state index >= 15 is 0 Å². The van der Waals surface area contributed by atoms with Crippen LogP contribution in [0, 0.1) is 0 Å². The number of ether oxygens (including phenoxy) is 2. The molecule has 1 aliphatic carbocycles. The van der Waals surface area contributed by atoms with Gasteiger partial charge in [-0.3, -0.25) is 4.79 Å². The summed E-state index contributed by atoms with van der Waals surface area (Å²) in [5, 5.41) is 0. The van der Waals surface area contributed by atoms with E-state index in [0.717, 1.165) is 18.4 Å². The molecule has 1 aromatic rings. The second-order valence-electron chi connectivity index (χ2n) is 4.24. The molecule has 0 unspecified atom stereocenters. The third-order valence-electron chi connectivity index (χ3n) is 3.23. The highest BCUT2D eigenvalue weighted by Gasteiger charge is 2.48. The molecule has 0 amide bonds. The molecule has 100 valence electrons. The molecule has 1 saturated carbocycles. The van der Waals surface area contributed by atoms with E-state index in [1.54, 1.807) is 12.1 Å². The normalized spacial score (nSPS) is 15.3. The van der Waals surface area contributed by atoms with Crippen LogP contribution in [0.25, 0.3) is 0 Å². The van der Waals surface area contributed by atoms with Crippen LogP contribution in [0.3, 0.4) is 0 Å². The molecule has 19 heavy (non-hydrogen) atoms. The van der Waals surface area contributed by atoms with Crippen LogP contribution in [0.1, 0.15) is 28.8 Å². The van der Waals surface area contributed by atoms with Crippen LogP contribution >= 0.6 is 15.9 Å². The maximum atomic E-state index is 11.1. The van der Waals surface area contributed by atoms with Crippen molar-refractivity contribution in [1.29, 1.82) is 0 Å². The van der Waals surface area contributed by atoms with E-state index in [-0.39, 0.29) is 0 Å². The quantitative estimate of drug-likeness (QED) is 0.474. The molecule has 0 radical (unpaired) electrons. The molecule has 2 rings (SSSR count). The number of hydrogen-bond acceptors (Lipinski definition) is 5. The molecule has 1 fully saturated rings. The number of carbonyl (C=O) groups excluding carboxylic acids is 2. The van der Waals surface area contributed by atoms with E-state index in [1.165, 1.54) is 14.2 Å². The number of isocyanates is 1. The fourth-order valence-corrected chi connectivity index (χ4v) is 2.63. The van der Waals surface area contributed by atoms with Gasteiger partial charge in [-0.25, -0.2) is 4.79 Å². The van der Waals surface area contributed by atoms with Gasteiger partial charge in [0.15, 0.2) is 17.8 Å². The van der Waals surface area contributed by atoms with Crippen molar-refractivity contribution in [3.63, 3.8) is 0 Å². The van der Waals surface area contributed by atoms with E-state index in [4.69, 9.17) is 9.47 Å². The molecule has 0 bridgehead atoms. The molecule has 1 aliphatic rings. The van der Waals surface area contributed by atoms with Gasteiger partial charge in [0, 0.05) is 10.0 Å². The molecule has 1 aromatic carbocycles. The van der Waals surface area contributed by atoms with Crippen molar-refractivity contribution < 1.29 is 19.1 Å². The van der Waals surface area contributed by atoms with E-state index in [2.05, 4.69) is 20.9 Å². The van der Waals surface area contributed by atoms with Crippen molar-refractivity contribution in [1.82, 2.24) is 0 Å². The summed E-state index contributed by atoms with van der Waals surface area (Å²) < 4.78 is 11.2. The Labute approximate surface area is 118 Å². The van der Waals surface area contributed by atoms with Crippen molar-refractivity contribution in [3.05, 3.63) is 21.7 Å². The number of aliphatic imine (C=N–C) groups is 1. The molecule has 0 aliphatic heterocycles. The Bertz CT molecular complexity index is 574. The number of halogens is 1. The molecule has 0 N–H and O–H groups in total. The molecule has 0 heterocycles. The van der Waals surface area contributed by atoms with Gasteiger partial charge in [-0.05, 0) is 34.8 Å². The Morgan fingerprint density at radius 2 is 2.00 bits per heavy atom. The van der Waals surface area contributed by atoms with Gasteiger partial charge in [-0.15, -0.1) is 0 Å². The van der Waals surface area contributed by atoms with Crippen LogP contribution in [-0.4, -0.2) is 26.6 Å². The largest absolute Gasteiger partial charge is 0.492 e. The highest BCUT2D eigenvalue weighted by molar-refractivity contribution is 9.10. The SMILES string of the molecule is COc1c(C2(N=C=O)CC2)cc(Br)c(C=O)c1OC. The summed E-state index contributed by atoms with van der Waals surface area (Å²) in [6.45, 7) is 0. The van der Waals surface area contributed by atoms with Gasteiger partial charge in [0.05, 0.1) is 19.8 Å². The average Bonchev–Trinajstić information content (AvgIpc) is 3.18. The maximum Gasteiger partial charge on any atom is 0.235 e. The number of methoxy groups -OCH3 is 2. The zero-order valence-electron chi connectivity index (χ0n) is 10.5. The summed E-state index contributed by atoms with van der Waals surface area (Å²) in [6.07, 6.45) is 3.78. The van der Waals surface area contributed by atoms with Gasteiger partial charge in [0.2, 0.25) is 6.08 Å². The topological polar surface area (TPSA) is 65.0 Å². The Kier molecular flexibility index (Phi) is 3.73. The van der Waals surface area contributed by atoms with Gasteiger partial charge in [0.1, 0.15) is 5.54 Å². The third-order valence-corrected chi connectivity index (χ3v) is 3.89. The molecular formula is C13H12BrNO4. The first-order chi connectivity index (χ1) is 9.13. The smallest absolute Gasteiger partial charge is 0.235 e. The number of nitrogens with zero attached hydrogens (tertiary/aromatic N) is 1. The van der Waals surface area contributed by atoms with Crippen LogP contribution in [0.2, 0.25) is 0 Å². The monoisotopic (exact) mass is 325 g/mol. The lowest BCUT2D eigenvalue weighted by molar-refractivity contribution is 0.111. The first-order valence-corrected chi connectivity index (χ1v) is 6.42. The van der Waals surface area contributed by atoms with Gasteiger partial charge in [-0.1, -0.05) is 0 Å². The van der Waals surface area contributed by atoms with E-state index in [9.17, 15) is 9.59 Å². The van der Waals surface area contributed by atoms with Gasteiger partial charge >= 0.3 is 0 Å². The molecule has 0 aromatic heterocycles. The fraction of sp³-hybridized carbons (Fsp3) is 0.385. The van der Waals surface area contributed by atoms with Gasteiger partial charge in [0.25, 0.3) is 0 Å². The first kappa shape index (κ1) is 13.8. The third kappa shape index (κ3) is 2.17. The Morgan fingerprint density at radius 1 is 1.37 bits per heavy atom. The van der Waals surface area contributed by atoms with E-state index in [0.29, 0.717) is 27.8 Å². The summed E-state index contributed by atoms with van der Waals surface area (Å²) in [5.41, 5.74) is 0.506. The highest BCUT2D eigenvalue weighted by atomic mass is 79.9. The van der Waals surface area contributed by atoms with Crippen molar-refractivity contribution >= 4 is 28.3 Å². The number of rotatable bonds is 5. The zero-order valence-corrected chi connectivity index (χ0v) is 12.1. The van der Waals surface area contributed by atoms with Crippen LogP contribution in [-0.2, 0) is 10.3 Å². The minimum Gasteiger partial charge on any atom is -0.492 e. The van der Waals surface area contributed by atoms with Crippen molar-refractivity contribution in [3.8, 4) is 11.5 Å². The molecule has 0 saturated heterocycles. The lowest BCUT2D eigenvalue weighted by Gasteiger charge is -2.18. The fourth-order valence-electron chi connectivity index (χ4n) is 2.13. The number of aldehydes is 1. The Hall–Kier alpha value is -1.65. The van der Waals surface area contributed by atoms with Gasteiger partial charge < -0.3 is 9.47 Å². The maximum absolute atomic E-state index is 11.1. The molecule has 0 spiro atoms. The summed E-state index contributed by atoms with van der Waals surface area (Å²) >= 11 is 3.33. The highest BCUT2D eigenvalue weighted by Crippen LogP contribution is 2.55. The number of benzene rings is 1. The molecule has 5 nitrogen and oxygen atoms in total. The Morgan fingerprint density at radius 3 is 2.42 bits per heavy atom. The van der Waals surface area contributed by atoms with Crippen LogP contribution in [0.15, 0.2) is 15.5 Å². The van der Waals surface area contributed by atoms with Crippen molar-refractivity contribution in [2.45, 2.75) is 18.4 Å². The predicted octanol–water partition coefficient (Wildman–Crippen LogP) is 2.60. The lowest BCUT2D eigenvalue weighted by atomic mass is 10.0. The summed E-state index contributed by atoms with van der Waals surface area (Å²) in [4.78, 5) is 25.6. The van der Waals surface area contributed by atoms with Crippen molar-refractivity contribution in [2.24, 2.45) is 4.99 Å². The Balaban J connectivity index is 2.72. The minimum absolute atomic E-state index is 0.342. The van der Waals surface area contributed by atoms with E-state index in [1.807, 2.05) is 0 Å². The second kappa shape index (κ2) is 5.15. The standard InChI is InChI=1S/C13H12BrNO4/c1-18-11-8(6-16)10(14)5-9(12(11)19-2)13(3-4-13)15-7-17/h5-6H,3-4H2,1-2H3. The van der Waals surface area contributed by atoms with Crippen LogP contribution < -0.4 is 9.47 Å². The number of hydrogen-bond donors (Lipinski definition) is 0. The molecule has 0 atom stereocenters. The molecular weight excluding hydrogens is 314 g/mol. The molecule has 6 heteroatoms. The average molecular weight is 326 g/mol. The van der Waals surface area contributed by atoms with E-state index < -0.39 is 5.54 Å². The van der Waals surface area contributed by atoms with Crippen molar-refractivity contribution in [2.75, 3.05) is 14.2 Å². The van der Waals surface area contributed by atoms with Crippen LogP contribution in [0.4, 0.5) is 0 Å². The van der Waals surface area contributed by atoms with Crippen LogP contribution in [0.5, 0.6) is 11.5 Å². The summed E-state index contributed by atoms with van der Waals surface area (Å²) in [6, 6.07) is 1.75. The predicted molar refractivity (Wildman–Crippen MR) is 71.7 cm³/mol. The summed E-state index contributed by atoms with van der Waals surface area (Å²) in [5.74, 6) is 0.776.